The molecule has 0 amide bonds. The lowest BCUT2D eigenvalue weighted by Gasteiger charge is -2.41. The molecule has 0 unspecified atom stereocenters. The molecule has 0 saturated carbocycles. The van der Waals surface area contributed by atoms with E-state index in [2.05, 4.69) is 70.6 Å². The molecule has 0 radical (unpaired) electrons. The molecule has 0 bridgehead atoms. The molecule has 2 aliphatic rings. The van der Waals surface area contributed by atoms with Gasteiger partial charge in [0.1, 0.15) is 5.82 Å². The van der Waals surface area contributed by atoms with Gasteiger partial charge in [-0.15, -0.1) is 0 Å². The first-order valence-electron chi connectivity index (χ1n) is 12.5. The van der Waals surface area contributed by atoms with Gasteiger partial charge in [-0.2, -0.15) is 0 Å². The minimum absolute atomic E-state index is 0.0835. The average Bonchev–Trinajstić information content (AvgIpc) is 3.28. The minimum atomic E-state index is -0.0835. The number of nitrogens with two attached hydrogens (primary N) is 1. The van der Waals surface area contributed by atoms with Gasteiger partial charge in [0.2, 0.25) is 0 Å². The Kier molecular flexibility index (Phi) is 5.84. The van der Waals surface area contributed by atoms with Crippen LogP contribution in [-0.4, -0.2) is 32.5 Å². The molecule has 0 atom stereocenters. The molecular weight excluding hydrogens is 420 g/mol. The molecule has 0 aliphatic carbocycles. The third-order valence-corrected chi connectivity index (χ3v) is 7.78. The quantitative estimate of drug-likeness (QED) is 0.494. The van der Waals surface area contributed by atoms with Crippen LogP contribution in [0.25, 0.3) is 11.0 Å². The van der Waals surface area contributed by atoms with Gasteiger partial charge in [-0.1, -0.05) is 39.0 Å². The summed E-state index contributed by atoms with van der Waals surface area (Å²) in [6.07, 6.45) is 9.44. The standard InChI is InChI=1S/C28H36N6/c1-5-6-7-14-33-25-17-20(2)8-9-24(25)31-27(33)19-34-21(3)28(23-10-13-30-18-26(23)34)11-15-32(16-12-28)22(4)29/h8-10,13,17-18H,3-7,11-12,14-16,19,29H2,1-2H3. The summed E-state index contributed by atoms with van der Waals surface area (Å²) in [7, 11) is 0. The second kappa shape index (κ2) is 8.82. The maximum absolute atomic E-state index is 6.00. The minimum Gasteiger partial charge on any atom is -0.386 e. The molecule has 2 N–H and O–H groups in total. The third kappa shape index (κ3) is 3.65. The van der Waals surface area contributed by atoms with E-state index in [1.165, 1.54) is 29.5 Å². The summed E-state index contributed by atoms with van der Waals surface area (Å²) >= 11 is 0. The second-order valence-electron chi connectivity index (χ2n) is 9.87. The van der Waals surface area contributed by atoms with Gasteiger partial charge in [-0.05, 0) is 55.5 Å². The van der Waals surface area contributed by atoms with Crippen molar-refractivity contribution >= 4 is 16.7 Å². The molecule has 1 aromatic carbocycles. The van der Waals surface area contributed by atoms with Crippen LogP contribution in [0.4, 0.5) is 5.69 Å². The number of allylic oxidation sites excluding steroid dienone is 1. The van der Waals surface area contributed by atoms with E-state index in [4.69, 9.17) is 10.7 Å². The lowest BCUT2D eigenvalue weighted by molar-refractivity contribution is 0.219. The number of piperidine rings is 1. The number of benzene rings is 1. The normalized spacial score (nSPS) is 17.1. The number of hydrogen-bond donors (Lipinski definition) is 1. The van der Waals surface area contributed by atoms with Gasteiger partial charge in [0.15, 0.2) is 0 Å². The maximum atomic E-state index is 6.00. The van der Waals surface area contributed by atoms with Gasteiger partial charge in [0.25, 0.3) is 0 Å². The number of aryl methyl sites for hydroxylation is 2. The van der Waals surface area contributed by atoms with Gasteiger partial charge in [0, 0.05) is 36.9 Å². The number of rotatable bonds is 7. The zero-order valence-corrected chi connectivity index (χ0v) is 20.6. The lowest BCUT2D eigenvalue weighted by Crippen LogP contribution is -2.44. The maximum Gasteiger partial charge on any atom is 0.129 e. The van der Waals surface area contributed by atoms with Crippen molar-refractivity contribution in [2.75, 3.05) is 18.0 Å². The van der Waals surface area contributed by atoms with Crippen LogP contribution >= 0.6 is 0 Å². The zero-order valence-electron chi connectivity index (χ0n) is 20.6. The van der Waals surface area contributed by atoms with Crippen molar-refractivity contribution in [3.8, 4) is 0 Å². The number of imidazole rings is 1. The molecule has 2 aromatic heterocycles. The van der Waals surface area contributed by atoms with Gasteiger partial charge in [-0.3, -0.25) is 4.98 Å². The molecule has 1 spiro atoms. The first-order chi connectivity index (χ1) is 16.4. The summed E-state index contributed by atoms with van der Waals surface area (Å²) in [4.78, 5) is 14.1. The number of hydrogen-bond acceptors (Lipinski definition) is 5. The number of unbranched alkanes of at least 4 members (excludes halogenated alkanes) is 2. The van der Waals surface area contributed by atoms with Crippen molar-refractivity contribution in [1.29, 1.82) is 0 Å². The van der Waals surface area contributed by atoms with E-state index >= 15 is 0 Å². The van der Waals surface area contributed by atoms with Crippen LogP contribution in [-0.2, 0) is 18.5 Å². The number of aromatic nitrogens is 3. The fraction of sp³-hybridized carbons (Fsp3) is 0.429. The Labute approximate surface area is 202 Å². The van der Waals surface area contributed by atoms with Crippen molar-refractivity contribution < 1.29 is 0 Å². The summed E-state index contributed by atoms with van der Waals surface area (Å²) < 4.78 is 2.42. The Balaban J connectivity index is 1.51. The predicted molar refractivity (Wildman–Crippen MR) is 139 cm³/mol. The fourth-order valence-corrected chi connectivity index (χ4v) is 5.79. The fourth-order valence-electron chi connectivity index (χ4n) is 5.79. The van der Waals surface area contributed by atoms with Crippen LogP contribution in [0, 0.1) is 6.92 Å². The van der Waals surface area contributed by atoms with E-state index in [9.17, 15) is 0 Å². The highest BCUT2D eigenvalue weighted by Gasteiger charge is 2.48. The number of anilines is 1. The highest BCUT2D eigenvalue weighted by molar-refractivity contribution is 5.77. The van der Waals surface area contributed by atoms with Crippen molar-refractivity contribution in [2.45, 2.75) is 64.5 Å². The van der Waals surface area contributed by atoms with E-state index in [0.29, 0.717) is 12.4 Å². The Bertz CT molecular complexity index is 1230. The Morgan fingerprint density at radius 3 is 2.71 bits per heavy atom. The van der Waals surface area contributed by atoms with Gasteiger partial charge in [-0.25, -0.2) is 4.98 Å². The summed E-state index contributed by atoms with van der Waals surface area (Å²) in [5.74, 6) is 1.75. The van der Waals surface area contributed by atoms with Crippen LogP contribution in [0.1, 0.15) is 56.0 Å². The van der Waals surface area contributed by atoms with Crippen LogP contribution in [0.3, 0.4) is 0 Å². The molecule has 1 fully saturated rings. The molecule has 178 valence electrons. The van der Waals surface area contributed by atoms with Crippen molar-refractivity contribution in [2.24, 2.45) is 5.73 Å². The van der Waals surface area contributed by atoms with Crippen molar-refractivity contribution in [1.82, 2.24) is 19.4 Å². The van der Waals surface area contributed by atoms with E-state index in [-0.39, 0.29) is 5.41 Å². The first kappa shape index (κ1) is 22.5. The first-order valence-corrected chi connectivity index (χ1v) is 12.5. The van der Waals surface area contributed by atoms with E-state index in [1.807, 2.05) is 12.4 Å². The topological polar surface area (TPSA) is 63.2 Å². The zero-order chi connectivity index (χ0) is 23.9. The molecule has 1 saturated heterocycles. The molecule has 6 heteroatoms. The number of fused-ring (bicyclic) bond motifs is 3. The highest BCUT2D eigenvalue weighted by Crippen LogP contribution is 2.53. The predicted octanol–water partition coefficient (Wildman–Crippen LogP) is 5.23. The summed E-state index contributed by atoms with van der Waals surface area (Å²) in [6.45, 7) is 16.5. The Morgan fingerprint density at radius 2 is 1.97 bits per heavy atom. The number of pyridine rings is 1. The second-order valence-corrected chi connectivity index (χ2v) is 9.87. The Morgan fingerprint density at radius 1 is 1.18 bits per heavy atom. The van der Waals surface area contributed by atoms with Crippen LogP contribution in [0.5, 0.6) is 0 Å². The highest BCUT2D eigenvalue weighted by atomic mass is 15.2. The summed E-state index contributed by atoms with van der Waals surface area (Å²) in [5.41, 5.74) is 13.1. The number of likely N-dealkylation sites (tertiary alicyclic amines) is 1. The van der Waals surface area contributed by atoms with Crippen LogP contribution < -0.4 is 10.6 Å². The molecule has 34 heavy (non-hydrogen) atoms. The SMILES string of the molecule is C=C(N)N1CCC2(CC1)C(=C)N(Cc1nc3ccc(C)cc3n1CCCCC)c1cnccc12. The van der Waals surface area contributed by atoms with Crippen molar-refractivity contribution in [3.63, 3.8) is 0 Å². The molecule has 2 aliphatic heterocycles. The largest absolute Gasteiger partial charge is 0.386 e. The van der Waals surface area contributed by atoms with E-state index in [0.717, 1.165) is 61.6 Å². The summed E-state index contributed by atoms with van der Waals surface area (Å²) in [6, 6.07) is 8.75. The molecule has 5 rings (SSSR count). The molecule has 3 aromatic rings. The number of nitrogens with zero attached hydrogens (tertiary/aromatic N) is 5. The van der Waals surface area contributed by atoms with Gasteiger partial charge >= 0.3 is 0 Å². The van der Waals surface area contributed by atoms with Gasteiger partial charge in [0.05, 0.1) is 35.3 Å². The average molecular weight is 457 g/mol. The third-order valence-electron chi connectivity index (χ3n) is 7.78. The smallest absolute Gasteiger partial charge is 0.129 e. The van der Waals surface area contributed by atoms with Crippen LogP contribution in [0.15, 0.2) is 61.3 Å². The summed E-state index contributed by atoms with van der Waals surface area (Å²) in [5, 5.41) is 0. The molecular formula is C28H36N6. The van der Waals surface area contributed by atoms with Crippen molar-refractivity contribution in [3.05, 3.63) is 78.3 Å². The van der Waals surface area contributed by atoms with Crippen LogP contribution in [0.2, 0.25) is 0 Å². The Hall–Kier alpha value is -3.28. The monoisotopic (exact) mass is 456 g/mol. The van der Waals surface area contributed by atoms with Gasteiger partial charge < -0.3 is 20.1 Å². The molecule has 6 nitrogen and oxygen atoms in total. The van der Waals surface area contributed by atoms with E-state index < -0.39 is 0 Å². The van der Waals surface area contributed by atoms with E-state index in [1.54, 1.807) is 0 Å². The molecule has 4 heterocycles. The lowest BCUT2D eigenvalue weighted by atomic mass is 9.72.